The van der Waals surface area contributed by atoms with Crippen molar-refractivity contribution in [2.75, 3.05) is 20.2 Å². The lowest BCUT2D eigenvalue weighted by Crippen LogP contribution is -2.49. The van der Waals surface area contributed by atoms with Gasteiger partial charge in [-0.05, 0) is 40.0 Å². The SMILES string of the molecule is CC(=O)c1ccccc1OCCN(C)C(C)(C)C(=O)O. The van der Waals surface area contributed by atoms with Gasteiger partial charge in [-0.2, -0.15) is 0 Å². The molecule has 1 rings (SSSR count). The summed E-state index contributed by atoms with van der Waals surface area (Å²) in [6.45, 7) is 5.53. The molecular weight excluding hydrogens is 258 g/mol. The number of nitrogens with zero attached hydrogens (tertiary/aromatic N) is 1. The van der Waals surface area contributed by atoms with E-state index in [4.69, 9.17) is 9.84 Å². The van der Waals surface area contributed by atoms with Crippen molar-refractivity contribution >= 4 is 11.8 Å². The fourth-order valence-corrected chi connectivity index (χ4v) is 1.62. The summed E-state index contributed by atoms with van der Waals surface area (Å²) in [4.78, 5) is 24.3. The number of aliphatic carboxylic acids is 1. The van der Waals surface area contributed by atoms with Gasteiger partial charge in [0.15, 0.2) is 5.78 Å². The number of Topliss-reactive ketones (excluding diaryl/α,β-unsaturated/α-hetero) is 1. The molecule has 0 atom stereocenters. The van der Waals surface area contributed by atoms with Crippen molar-refractivity contribution in [1.29, 1.82) is 0 Å². The average molecular weight is 279 g/mol. The maximum Gasteiger partial charge on any atom is 0.323 e. The molecule has 0 heterocycles. The van der Waals surface area contributed by atoms with Crippen LogP contribution in [-0.4, -0.2) is 47.5 Å². The Bertz CT molecular complexity index is 496. The summed E-state index contributed by atoms with van der Waals surface area (Å²) in [7, 11) is 1.73. The van der Waals surface area contributed by atoms with Crippen LogP contribution in [0.1, 0.15) is 31.1 Å². The third-order valence-electron chi connectivity index (χ3n) is 3.43. The Morgan fingerprint density at radius 3 is 2.45 bits per heavy atom. The lowest BCUT2D eigenvalue weighted by molar-refractivity contribution is -0.148. The number of benzene rings is 1. The molecular formula is C15H21NO4. The van der Waals surface area contributed by atoms with Crippen molar-refractivity contribution in [3.05, 3.63) is 29.8 Å². The number of hydrogen-bond acceptors (Lipinski definition) is 4. The highest BCUT2D eigenvalue weighted by atomic mass is 16.5. The molecule has 1 aromatic carbocycles. The summed E-state index contributed by atoms with van der Waals surface area (Å²) in [5.41, 5.74) is -0.420. The number of ketones is 1. The zero-order valence-electron chi connectivity index (χ0n) is 12.3. The van der Waals surface area contributed by atoms with E-state index in [1.165, 1.54) is 6.92 Å². The monoisotopic (exact) mass is 279 g/mol. The first-order valence-corrected chi connectivity index (χ1v) is 6.44. The predicted octanol–water partition coefficient (Wildman–Crippen LogP) is 2.06. The molecule has 0 aromatic heterocycles. The number of ether oxygens (including phenoxy) is 1. The summed E-state index contributed by atoms with van der Waals surface area (Å²) in [6.07, 6.45) is 0. The van der Waals surface area contributed by atoms with Crippen molar-refractivity contribution < 1.29 is 19.4 Å². The number of carboxylic acid groups (broad SMARTS) is 1. The first kappa shape index (κ1) is 16.2. The third-order valence-corrected chi connectivity index (χ3v) is 3.43. The van der Waals surface area contributed by atoms with E-state index in [1.54, 1.807) is 50.1 Å². The van der Waals surface area contributed by atoms with Crippen LogP contribution < -0.4 is 4.74 Å². The Hall–Kier alpha value is -1.88. The summed E-state index contributed by atoms with van der Waals surface area (Å²) in [6, 6.07) is 7.03. The van der Waals surface area contributed by atoms with E-state index in [-0.39, 0.29) is 5.78 Å². The van der Waals surface area contributed by atoms with E-state index < -0.39 is 11.5 Å². The minimum Gasteiger partial charge on any atom is -0.491 e. The van der Waals surface area contributed by atoms with Crippen molar-refractivity contribution in [3.8, 4) is 5.75 Å². The van der Waals surface area contributed by atoms with Gasteiger partial charge in [-0.3, -0.25) is 14.5 Å². The van der Waals surface area contributed by atoms with E-state index in [0.717, 1.165) is 0 Å². The van der Waals surface area contributed by atoms with Crippen molar-refractivity contribution in [1.82, 2.24) is 4.90 Å². The van der Waals surface area contributed by atoms with Crippen LogP contribution >= 0.6 is 0 Å². The molecule has 5 heteroatoms. The van der Waals surface area contributed by atoms with E-state index in [0.29, 0.717) is 24.5 Å². The molecule has 5 nitrogen and oxygen atoms in total. The van der Waals surface area contributed by atoms with Gasteiger partial charge in [0.2, 0.25) is 0 Å². The maximum absolute atomic E-state index is 11.4. The Balaban J connectivity index is 2.62. The molecule has 0 saturated heterocycles. The average Bonchev–Trinajstić information content (AvgIpc) is 2.38. The van der Waals surface area contributed by atoms with Gasteiger partial charge >= 0.3 is 5.97 Å². The second-order valence-electron chi connectivity index (χ2n) is 5.19. The van der Waals surface area contributed by atoms with E-state index >= 15 is 0 Å². The molecule has 0 spiro atoms. The van der Waals surface area contributed by atoms with E-state index in [2.05, 4.69) is 0 Å². The number of likely N-dealkylation sites (N-methyl/N-ethyl adjacent to an activating group) is 1. The summed E-state index contributed by atoms with van der Waals surface area (Å²) in [5.74, 6) is -0.412. The zero-order valence-corrected chi connectivity index (χ0v) is 12.3. The minimum atomic E-state index is -0.955. The first-order chi connectivity index (χ1) is 9.26. The summed E-state index contributed by atoms with van der Waals surface area (Å²) < 4.78 is 5.59. The molecule has 0 aliphatic heterocycles. The van der Waals surface area contributed by atoms with Gasteiger partial charge in [0.1, 0.15) is 17.9 Å². The number of carbonyl (C=O) groups excluding carboxylic acids is 1. The lowest BCUT2D eigenvalue weighted by Gasteiger charge is -2.31. The molecule has 0 unspecified atom stereocenters. The van der Waals surface area contributed by atoms with Crippen LogP contribution in [0.4, 0.5) is 0 Å². The molecule has 1 aromatic rings. The van der Waals surface area contributed by atoms with Gasteiger partial charge < -0.3 is 9.84 Å². The molecule has 0 aliphatic carbocycles. The Morgan fingerprint density at radius 2 is 1.90 bits per heavy atom. The zero-order chi connectivity index (χ0) is 15.3. The van der Waals surface area contributed by atoms with E-state index in [9.17, 15) is 9.59 Å². The molecule has 110 valence electrons. The number of hydrogen-bond donors (Lipinski definition) is 1. The second kappa shape index (κ2) is 6.52. The highest BCUT2D eigenvalue weighted by Gasteiger charge is 2.31. The second-order valence-corrected chi connectivity index (χ2v) is 5.19. The number of carboxylic acids is 1. The molecule has 0 aliphatic rings. The highest BCUT2D eigenvalue weighted by molar-refractivity contribution is 5.96. The standard InChI is InChI=1S/C15H21NO4/c1-11(17)12-7-5-6-8-13(12)20-10-9-16(4)15(2,3)14(18)19/h5-8H,9-10H2,1-4H3,(H,18,19). The first-order valence-electron chi connectivity index (χ1n) is 6.44. The number of rotatable bonds is 7. The Kier molecular flexibility index (Phi) is 5.27. The predicted molar refractivity (Wildman–Crippen MR) is 76.3 cm³/mol. The van der Waals surface area contributed by atoms with Crippen LogP contribution in [0.3, 0.4) is 0 Å². The topological polar surface area (TPSA) is 66.8 Å². The van der Waals surface area contributed by atoms with Crippen molar-refractivity contribution in [2.45, 2.75) is 26.3 Å². The summed E-state index contributed by atoms with van der Waals surface area (Å²) >= 11 is 0. The van der Waals surface area contributed by atoms with Gasteiger partial charge in [-0.1, -0.05) is 12.1 Å². The lowest BCUT2D eigenvalue weighted by atomic mass is 10.0. The molecule has 0 radical (unpaired) electrons. The van der Waals surface area contributed by atoms with Crippen LogP contribution in [0, 0.1) is 0 Å². The van der Waals surface area contributed by atoms with Crippen LogP contribution in [0.15, 0.2) is 24.3 Å². The minimum absolute atomic E-state index is 0.0557. The Morgan fingerprint density at radius 1 is 1.30 bits per heavy atom. The van der Waals surface area contributed by atoms with Gasteiger partial charge in [0.25, 0.3) is 0 Å². The molecule has 0 amide bonds. The smallest absolute Gasteiger partial charge is 0.323 e. The quantitative estimate of drug-likeness (QED) is 0.774. The van der Waals surface area contributed by atoms with Crippen LogP contribution in [0.2, 0.25) is 0 Å². The van der Waals surface area contributed by atoms with Gasteiger partial charge in [-0.25, -0.2) is 0 Å². The van der Waals surface area contributed by atoms with Crippen molar-refractivity contribution in [2.24, 2.45) is 0 Å². The van der Waals surface area contributed by atoms with Crippen molar-refractivity contribution in [3.63, 3.8) is 0 Å². The third kappa shape index (κ3) is 3.81. The van der Waals surface area contributed by atoms with Gasteiger partial charge in [0.05, 0.1) is 5.56 Å². The van der Waals surface area contributed by atoms with Crippen LogP contribution in [0.25, 0.3) is 0 Å². The molecule has 20 heavy (non-hydrogen) atoms. The molecule has 0 fully saturated rings. The fraction of sp³-hybridized carbons (Fsp3) is 0.467. The molecule has 1 N–H and O–H groups in total. The molecule has 0 bridgehead atoms. The number of para-hydroxylation sites is 1. The largest absolute Gasteiger partial charge is 0.491 e. The van der Waals surface area contributed by atoms with E-state index in [1.807, 2.05) is 0 Å². The van der Waals surface area contributed by atoms with Gasteiger partial charge in [-0.15, -0.1) is 0 Å². The summed E-state index contributed by atoms with van der Waals surface area (Å²) in [5, 5.41) is 9.12. The van der Waals surface area contributed by atoms with Gasteiger partial charge in [0, 0.05) is 6.54 Å². The maximum atomic E-state index is 11.4. The normalized spacial score (nSPS) is 11.4. The highest BCUT2D eigenvalue weighted by Crippen LogP contribution is 2.19. The van der Waals surface area contributed by atoms with Crippen LogP contribution in [-0.2, 0) is 4.79 Å². The molecule has 0 saturated carbocycles. The Labute approximate surface area is 119 Å². The number of carbonyl (C=O) groups is 2. The fourth-order valence-electron chi connectivity index (χ4n) is 1.62. The van der Waals surface area contributed by atoms with Crippen LogP contribution in [0.5, 0.6) is 5.75 Å².